The molecule has 6 atom stereocenters. The number of piperazine rings is 1. The van der Waals surface area contributed by atoms with Crippen LogP contribution < -0.4 is 11.1 Å². The van der Waals surface area contributed by atoms with Gasteiger partial charge in [-0.15, -0.1) is 0 Å². The van der Waals surface area contributed by atoms with E-state index in [2.05, 4.69) is 5.32 Å². The van der Waals surface area contributed by atoms with Crippen LogP contribution in [0, 0.1) is 6.92 Å². The van der Waals surface area contributed by atoms with Crippen molar-refractivity contribution in [3.63, 3.8) is 0 Å². The van der Waals surface area contributed by atoms with Crippen molar-refractivity contribution in [2.45, 2.75) is 77.0 Å². The average molecular weight is 541 g/mol. The van der Waals surface area contributed by atoms with Crippen molar-refractivity contribution in [3.05, 3.63) is 45.2 Å². The van der Waals surface area contributed by atoms with Crippen molar-refractivity contribution in [2.24, 2.45) is 5.73 Å². The number of amides is 1. The third-order valence-corrected chi connectivity index (χ3v) is 8.68. The Morgan fingerprint density at radius 2 is 1.87 bits per heavy atom. The lowest BCUT2D eigenvalue weighted by atomic mass is 9.71. The zero-order valence-corrected chi connectivity index (χ0v) is 22.8. The van der Waals surface area contributed by atoms with Gasteiger partial charge < -0.3 is 31.1 Å². The number of aryl methyl sites for hydroxylation is 1. The zero-order chi connectivity index (χ0) is 28.5. The summed E-state index contributed by atoms with van der Waals surface area (Å²) in [6.07, 6.45) is -0.541. The van der Waals surface area contributed by atoms with E-state index in [0.29, 0.717) is 23.1 Å². The Morgan fingerprint density at radius 3 is 2.51 bits per heavy atom. The summed E-state index contributed by atoms with van der Waals surface area (Å²) < 4.78 is 5.60. The Balaban J connectivity index is 1.68. The molecule has 5 rings (SSSR count). The number of fused-ring (bicyclic) bond motifs is 6. The lowest BCUT2D eigenvalue weighted by molar-refractivity contribution is -0.167. The van der Waals surface area contributed by atoms with E-state index in [4.69, 9.17) is 10.5 Å². The van der Waals surface area contributed by atoms with Crippen molar-refractivity contribution < 1.29 is 34.4 Å². The molecule has 11 heteroatoms. The topological polar surface area (TPSA) is 166 Å². The SMILES string of the molecule is CCOC1=C(C)C(=O)C2=C(C1=O)C(CNC(=O)C(C)N)N1C(O)C3Cc4cc(C)c(O)c(O)c4C(C1C2)N3C. The second-order valence-corrected chi connectivity index (χ2v) is 11.0. The summed E-state index contributed by atoms with van der Waals surface area (Å²) in [4.78, 5) is 43.7. The van der Waals surface area contributed by atoms with Gasteiger partial charge in [0.25, 0.3) is 0 Å². The molecule has 1 amide bonds. The molecule has 2 bridgehead atoms. The van der Waals surface area contributed by atoms with Crippen molar-refractivity contribution >= 4 is 17.5 Å². The first-order valence-corrected chi connectivity index (χ1v) is 13.3. The Kier molecular flexibility index (Phi) is 6.82. The fraction of sp³-hybridized carbons (Fsp3) is 0.536. The zero-order valence-electron chi connectivity index (χ0n) is 22.8. The number of aliphatic hydroxyl groups excluding tert-OH is 1. The first-order chi connectivity index (χ1) is 18.4. The number of aromatic hydroxyl groups is 2. The van der Waals surface area contributed by atoms with Crippen LogP contribution in [0.1, 0.15) is 49.9 Å². The van der Waals surface area contributed by atoms with Crippen LogP contribution in [0.3, 0.4) is 0 Å². The number of phenolic OH excluding ortho intramolecular Hbond substituents is 2. The minimum atomic E-state index is -1.06. The van der Waals surface area contributed by atoms with Crippen molar-refractivity contribution in [2.75, 3.05) is 20.2 Å². The molecule has 4 aliphatic rings. The van der Waals surface area contributed by atoms with E-state index >= 15 is 0 Å². The molecule has 11 nitrogen and oxygen atoms in total. The van der Waals surface area contributed by atoms with E-state index in [-0.39, 0.29) is 53.8 Å². The second-order valence-electron chi connectivity index (χ2n) is 11.0. The molecular weight excluding hydrogens is 504 g/mol. The quantitative estimate of drug-likeness (QED) is 0.259. The van der Waals surface area contributed by atoms with Crippen LogP contribution in [0.15, 0.2) is 28.5 Å². The molecule has 0 saturated carbocycles. The van der Waals surface area contributed by atoms with Crippen molar-refractivity contribution in [1.82, 2.24) is 15.1 Å². The number of likely N-dealkylation sites (N-methyl/N-ethyl adjacent to an activating group) is 1. The van der Waals surface area contributed by atoms with Crippen LogP contribution in [0.2, 0.25) is 0 Å². The Bertz CT molecular complexity index is 1330. The molecule has 3 heterocycles. The predicted octanol–water partition coefficient (Wildman–Crippen LogP) is 0.301. The predicted molar refractivity (Wildman–Crippen MR) is 141 cm³/mol. The van der Waals surface area contributed by atoms with E-state index < -0.39 is 48.1 Å². The summed E-state index contributed by atoms with van der Waals surface area (Å²) in [5, 5.41) is 36.3. The van der Waals surface area contributed by atoms with Gasteiger partial charge in [-0.05, 0) is 58.7 Å². The number of nitrogens with one attached hydrogen (secondary N) is 1. The van der Waals surface area contributed by atoms with Crippen LogP contribution >= 0.6 is 0 Å². The van der Waals surface area contributed by atoms with Gasteiger partial charge in [-0.25, -0.2) is 0 Å². The molecule has 1 aromatic carbocycles. The highest BCUT2D eigenvalue weighted by Crippen LogP contribution is 2.53. The molecule has 1 aliphatic carbocycles. The maximum Gasteiger partial charge on any atom is 0.236 e. The molecule has 1 aromatic rings. The largest absolute Gasteiger partial charge is 0.504 e. The van der Waals surface area contributed by atoms with Gasteiger partial charge in [0.1, 0.15) is 6.23 Å². The number of carbonyl (C=O) groups is 3. The van der Waals surface area contributed by atoms with Crippen LogP contribution in [0.4, 0.5) is 0 Å². The summed E-state index contributed by atoms with van der Waals surface area (Å²) in [6, 6.07) is -1.29. The molecule has 210 valence electrons. The molecule has 1 fully saturated rings. The Labute approximate surface area is 226 Å². The number of benzene rings is 1. The number of Topliss-reactive ketones (excluding diaryl/α,β-unsaturated/α-hetero) is 2. The highest BCUT2D eigenvalue weighted by Gasteiger charge is 2.57. The fourth-order valence-electron chi connectivity index (χ4n) is 6.80. The lowest BCUT2D eigenvalue weighted by Gasteiger charge is -2.60. The van der Waals surface area contributed by atoms with Gasteiger partial charge in [0.05, 0.1) is 30.8 Å². The van der Waals surface area contributed by atoms with Crippen molar-refractivity contribution in [3.8, 4) is 11.5 Å². The first-order valence-electron chi connectivity index (χ1n) is 13.3. The van der Waals surface area contributed by atoms with Crippen LogP contribution in [0.25, 0.3) is 0 Å². The van der Waals surface area contributed by atoms with E-state index in [1.807, 2.05) is 18.0 Å². The number of hydrogen-bond acceptors (Lipinski definition) is 10. The lowest BCUT2D eigenvalue weighted by Crippen LogP contribution is -2.71. The summed E-state index contributed by atoms with van der Waals surface area (Å²) >= 11 is 0. The van der Waals surface area contributed by atoms with Crippen LogP contribution in [-0.4, -0.2) is 93.2 Å². The van der Waals surface area contributed by atoms with Gasteiger partial charge in [-0.3, -0.25) is 24.2 Å². The number of ether oxygens (including phenoxy) is 1. The number of hydrogen-bond donors (Lipinski definition) is 5. The number of rotatable bonds is 5. The number of carbonyl (C=O) groups excluding carboxylic acids is 3. The van der Waals surface area contributed by atoms with E-state index in [0.717, 1.165) is 5.56 Å². The van der Waals surface area contributed by atoms with E-state index in [1.54, 1.807) is 32.6 Å². The van der Waals surface area contributed by atoms with Gasteiger partial charge in [0.2, 0.25) is 11.7 Å². The third kappa shape index (κ3) is 3.98. The van der Waals surface area contributed by atoms with E-state index in [9.17, 15) is 29.7 Å². The normalized spacial score (nSPS) is 29.6. The number of ketones is 2. The first kappa shape index (κ1) is 27.3. The average Bonchev–Trinajstić information content (AvgIpc) is 2.89. The van der Waals surface area contributed by atoms with Gasteiger partial charge in [0, 0.05) is 34.9 Å². The highest BCUT2D eigenvalue weighted by molar-refractivity contribution is 6.25. The minimum Gasteiger partial charge on any atom is -0.504 e. The molecule has 39 heavy (non-hydrogen) atoms. The number of nitrogens with two attached hydrogens (primary N) is 1. The smallest absolute Gasteiger partial charge is 0.236 e. The fourth-order valence-corrected chi connectivity index (χ4v) is 6.80. The minimum absolute atomic E-state index is 0.0181. The van der Waals surface area contributed by atoms with Crippen LogP contribution in [-0.2, 0) is 25.5 Å². The molecule has 3 aliphatic heterocycles. The third-order valence-electron chi connectivity index (χ3n) is 8.68. The molecule has 0 radical (unpaired) electrons. The van der Waals surface area contributed by atoms with Gasteiger partial charge in [-0.2, -0.15) is 0 Å². The number of allylic oxidation sites excluding steroid dienone is 2. The summed E-state index contributed by atoms with van der Waals surface area (Å²) in [5.74, 6) is -1.64. The summed E-state index contributed by atoms with van der Waals surface area (Å²) in [7, 11) is 1.85. The number of nitrogens with zero attached hydrogens (tertiary/aromatic N) is 2. The van der Waals surface area contributed by atoms with Crippen molar-refractivity contribution in [1.29, 1.82) is 0 Å². The Hall–Kier alpha value is -3.25. The maximum atomic E-state index is 13.8. The molecule has 0 spiro atoms. The Morgan fingerprint density at radius 1 is 1.18 bits per heavy atom. The second kappa shape index (κ2) is 9.74. The van der Waals surface area contributed by atoms with Gasteiger partial charge >= 0.3 is 0 Å². The molecule has 1 saturated heterocycles. The molecular formula is C28H36N4O7. The number of phenols is 2. The maximum absolute atomic E-state index is 13.8. The standard InChI is InChI=1S/C28H36N4O7/c1-6-39-26-12(3)23(34)15-9-16-21-19-14(7-11(2)22(33)24(19)35)8-17(31(21)5)28(38)32(16)18(20(15)25(26)36)10-30-27(37)13(4)29/h7,13,16-18,21,28,33,35,38H,6,8-10,29H2,1-5H3,(H,30,37). The van der Waals surface area contributed by atoms with Gasteiger partial charge in [0.15, 0.2) is 23.0 Å². The van der Waals surface area contributed by atoms with E-state index in [1.165, 1.54) is 0 Å². The highest BCUT2D eigenvalue weighted by atomic mass is 16.5. The number of aliphatic hydroxyl groups is 1. The molecule has 0 aromatic heterocycles. The summed E-state index contributed by atoms with van der Waals surface area (Å²) in [6.45, 7) is 6.68. The molecule has 6 unspecified atom stereocenters. The summed E-state index contributed by atoms with van der Waals surface area (Å²) in [5.41, 5.74) is 8.38. The monoisotopic (exact) mass is 540 g/mol. The van der Waals surface area contributed by atoms with Crippen LogP contribution in [0.5, 0.6) is 11.5 Å². The molecule has 6 N–H and O–H groups in total. The van der Waals surface area contributed by atoms with Gasteiger partial charge in [-0.1, -0.05) is 6.07 Å².